The van der Waals surface area contributed by atoms with Gasteiger partial charge in [0, 0.05) is 6.42 Å². The summed E-state index contributed by atoms with van der Waals surface area (Å²) in [7, 11) is 0. The van der Waals surface area contributed by atoms with Crippen molar-refractivity contribution in [3.05, 3.63) is 60.2 Å². The van der Waals surface area contributed by atoms with E-state index < -0.39 is 12.1 Å². The summed E-state index contributed by atoms with van der Waals surface area (Å²) in [5.41, 5.74) is 0.805. The fourth-order valence-corrected chi connectivity index (χ4v) is 2.11. The molecular weight excluding hydrogens is 280 g/mol. The number of rotatable bonds is 7. The van der Waals surface area contributed by atoms with Gasteiger partial charge < -0.3 is 14.6 Å². The highest BCUT2D eigenvalue weighted by molar-refractivity contribution is 5.73. The number of aliphatic carboxylic acids is 1. The van der Waals surface area contributed by atoms with E-state index in [0.717, 1.165) is 5.56 Å². The van der Waals surface area contributed by atoms with Crippen LogP contribution >= 0.6 is 0 Å². The highest BCUT2D eigenvalue weighted by Crippen LogP contribution is 2.26. The van der Waals surface area contributed by atoms with E-state index in [1.165, 1.54) is 0 Å². The van der Waals surface area contributed by atoms with Crippen LogP contribution in [0.5, 0.6) is 11.5 Å². The Hall–Kier alpha value is -2.33. The van der Waals surface area contributed by atoms with Gasteiger partial charge in [0.05, 0.1) is 6.10 Å². The third kappa shape index (κ3) is 4.60. The first kappa shape index (κ1) is 16.0. The van der Waals surface area contributed by atoms with Crippen molar-refractivity contribution in [3.63, 3.8) is 0 Å². The van der Waals surface area contributed by atoms with E-state index in [-0.39, 0.29) is 12.5 Å². The van der Waals surface area contributed by atoms with Crippen LogP contribution in [0.15, 0.2) is 54.6 Å². The van der Waals surface area contributed by atoms with E-state index in [1.807, 2.05) is 68.4 Å². The minimum absolute atomic E-state index is 0.150. The molecule has 1 N–H and O–H groups in total. The lowest BCUT2D eigenvalue weighted by molar-refractivity contribution is -0.153. The lowest BCUT2D eigenvalue weighted by Gasteiger charge is -2.18. The van der Waals surface area contributed by atoms with Crippen LogP contribution in [0.4, 0.5) is 0 Å². The largest absolute Gasteiger partial charge is 0.479 e. The molecule has 2 aromatic rings. The van der Waals surface area contributed by atoms with Crippen molar-refractivity contribution in [3.8, 4) is 11.5 Å². The summed E-state index contributed by atoms with van der Waals surface area (Å²) < 4.78 is 11.3. The third-order valence-corrected chi connectivity index (χ3v) is 3.06. The van der Waals surface area contributed by atoms with Gasteiger partial charge >= 0.3 is 5.97 Å². The first-order valence-electron chi connectivity index (χ1n) is 7.25. The molecule has 0 amide bonds. The van der Waals surface area contributed by atoms with Crippen molar-refractivity contribution < 1.29 is 19.4 Å². The summed E-state index contributed by atoms with van der Waals surface area (Å²) in [5.74, 6) is 0.391. The Morgan fingerprint density at radius 3 is 2.32 bits per heavy atom. The summed E-state index contributed by atoms with van der Waals surface area (Å²) in [6.45, 7) is 3.64. The van der Waals surface area contributed by atoms with Crippen molar-refractivity contribution >= 4 is 5.97 Å². The van der Waals surface area contributed by atoms with E-state index in [9.17, 15) is 9.90 Å². The second-order valence-corrected chi connectivity index (χ2v) is 5.24. The molecule has 0 saturated carbocycles. The van der Waals surface area contributed by atoms with Gasteiger partial charge in [-0.15, -0.1) is 0 Å². The average molecular weight is 300 g/mol. The Morgan fingerprint density at radius 2 is 1.68 bits per heavy atom. The minimum atomic E-state index is -0.969. The highest BCUT2D eigenvalue weighted by atomic mass is 16.5. The van der Waals surface area contributed by atoms with Crippen molar-refractivity contribution in [2.75, 3.05) is 0 Å². The molecule has 116 valence electrons. The fraction of sp³-hybridized carbons (Fsp3) is 0.278. The Labute approximate surface area is 130 Å². The van der Waals surface area contributed by atoms with E-state index in [4.69, 9.17) is 9.47 Å². The number of ether oxygens (including phenoxy) is 2. The van der Waals surface area contributed by atoms with Crippen molar-refractivity contribution in [1.82, 2.24) is 0 Å². The zero-order valence-corrected chi connectivity index (χ0v) is 12.7. The molecule has 0 unspecified atom stereocenters. The summed E-state index contributed by atoms with van der Waals surface area (Å²) in [4.78, 5) is 11.3. The van der Waals surface area contributed by atoms with Gasteiger partial charge in [0.25, 0.3) is 0 Å². The maximum absolute atomic E-state index is 11.3. The van der Waals surface area contributed by atoms with Gasteiger partial charge in [0.1, 0.15) is 11.5 Å². The maximum atomic E-state index is 11.3. The highest BCUT2D eigenvalue weighted by Gasteiger charge is 2.21. The van der Waals surface area contributed by atoms with E-state index in [2.05, 4.69) is 0 Å². The van der Waals surface area contributed by atoms with Gasteiger partial charge in [-0.3, -0.25) is 0 Å². The van der Waals surface area contributed by atoms with Crippen LogP contribution < -0.4 is 4.74 Å². The Kier molecular flexibility index (Phi) is 5.55. The first-order chi connectivity index (χ1) is 10.6. The van der Waals surface area contributed by atoms with Gasteiger partial charge in [-0.2, -0.15) is 0 Å². The molecule has 4 heteroatoms. The molecule has 0 spiro atoms. The zero-order chi connectivity index (χ0) is 15.9. The Morgan fingerprint density at radius 1 is 1.05 bits per heavy atom. The average Bonchev–Trinajstić information content (AvgIpc) is 2.49. The molecule has 0 heterocycles. The number of para-hydroxylation sites is 2. The van der Waals surface area contributed by atoms with Gasteiger partial charge in [0.2, 0.25) is 0 Å². The van der Waals surface area contributed by atoms with Crippen LogP contribution in [-0.2, 0) is 16.0 Å². The molecule has 0 saturated heterocycles. The number of carboxylic acid groups (broad SMARTS) is 1. The predicted octanol–water partition coefficient (Wildman–Crippen LogP) is 3.90. The molecule has 4 nitrogen and oxygen atoms in total. The minimum Gasteiger partial charge on any atom is -0.479 e. The number of carbonyl (C=O) groups is 1. The Bertz CT molecular complexity index is 607. The zero-order valence-electron chi connectivity index (χ0n) is 12.7. The van der Waals surface area contributed by atoms with Gasteiger partial charge in [-0.05, 0) is 37.6 Å². The molecule has 0 bridgehead atoms. The maximum Gasteiger partial charge on any atom is 0.333 e. The lowest BCUT2D eigenvalue weighted by atomic mass is 10.1. The number of hydrogen-bond acceptors (Lipinski definition) is 3. The molecule has 1 atom stereocenters. The van der Waals surface area contributed by atoms with E-state index in [0.29, 0.717) is 11.5 Å². The third-order valence-electron chi connectivity index (χ3n) is 3.06. The topological polar surface area (TPSA) is 55.8 Å². The molecule has 0 aromatic heterocycles. The molecule has 2 aromatic carbocycles. The summed E-state index contributed by atoms with van der Waals surface area (Å²) in [6.07, 6.45) is -0.778. The molecule has 0 aliphatic heterocycles. The summed E-state index contributed by atoms with van der Waals surface area (Å²) >= 11 is 0. The van der Waals surface area contributed by atoms with Crippen LogP contribution in [0.25, 0.3) is 0 Å². The van der Waals surface area contributed by atoms with Gasteiger partial charge in [0.15, 0.2) is 6.10 Å². The van der Waals surface area contributed by atoms with Crippen molar-refractivity contribution in [2.45, 2.75) is 32.5 Å². The molecule has 0 aliphatic carbocycles. The predicted molar refractivity (Wildman–Crippen MR) is 84.3 cm³/mol. The van der Waals surface area contributed by atoms with Crippen molar-refractivity contribution in [1.29, 1.82) is 0 Å². The van der Waals surface area contributed by atoms with Crippen LogP contribution in [-0.4, -0.2) is 23.3 Å². The summed E-state index contributed by atoms with van der Waals surface area (Å²) in [6, 6.07) is 16.8. The first-order valence-corrected chi connectivity index (χ1v) is 7.25. The summed E-state index contributed by atoms with van der Waals surface area (Å²) in [5, 5.41) is 9.30. The van der Waals surface area contributed by atoms with E-state index in [1.54, 1.807) is 0 Å². The second kappa shape index (κ2) is 7.61. The number of carboxylic acids is 1. The van der Waals surface area contributed by atoms with E-state index >= 15 is 0 Å². The molecule has 2 rings (SSSR count). The molecule has 0 radical (unpaired) electrons. The van der Waals surface area contributed by atoms with Gasteiger partial charge in [-0.1, -0.05) is 36.4 Å². The van der Waals surface area contributed by atoms with Crippen LogP contribution in [0.3, 0.4) is 0 Å². The van der Waals surface area contributed by atoms with Gasteiger partial charge in [-0.25, -0.2) is 4.79 Å². The molecule has 0 fully saturated rings. The standard InChI is InChI=1S/C18H20O4/c1-13(2)21-17(18(19)20)12-14-8-6-7-11-16(14)22-15-9-4-3-5-10-15/h3-11,13,17H,12H2,1-2H3,(H,19,20)/t17-/m1/s1. The quantitative estimate of drug-likeness (QED) is 0.842. The number of benzene rings is 2. The Balaban J connectivity index is 2.18. The molecule has 0 aliphatic rings. The fourth-order valence-electron chi connectivity index (χ4n) is 2.11. The monoisotopic (exact) mass is 300 g/mol. The lowest BCUT2D eigenvalue weighted by Crippen LogP contribution is -2.29. The molecule has 22 heavy (non-hydrogen) atoms. The van der Waals surface area contributed by atoms with Crippen LogP contribution in [0.2, 0.25) is 0 Å². The second-order valence-electron chi connectivity index (χ2n) is 5.24. The SMILES string of the molecule is CC(C)O[C@H](Cc1ccccc1Oc1ccccc1)C(=O)O. The number of hydrogen-bond donors (Lipinski definition) is 1. The van der Waals surface area contributed by atoms with Crippen LogP contribution in [0, 0.1) is 0 Å². The van der Waals surface area contributed by atoms with Crippen molar-refractivity contribution in [2.24, 2.45) is 0 Å². The normalized spacial score (nSPS) is 12.1. The molecular formula is C18H20O4. The smallest absolute Gasteiger partial charge is 0.333 e. The van der Waals surface area contributed by atoms with Crippen LogP contribution in [0.1, 0.15) is 19.4 Å².